The van der Waals surface area contributed by atoms with Gasteiger partial charge in [-0.05, 0) is 32.1 Å². The van der Waals surface area contributed by atoms with Crippen LogP contribution in [0, 0.1) is 0 Å². The van der Waals surface area contributed by atoms with Crippen LogP contribution < -0.4 is 4.90 Å². The second-order valence-corrected chi connectivity index (χ2v) is 6.30. The molecule has 1 atom stereocenters. The van der Waals surface area contributed by atoms with Gasteiger partial charge < -0.3 is 9.64 Å². The predicted octanol–water partition coefficient (Wildman–Crippen LogP) is 2.61. The first-order valence-corrected chi connectivity index (χ1v) is 8.29. The third-order valence-corrected chi connectivity index (χ3v) is 4.75. The third-order valence-electron chi connectivity index (χ3n) is 3.63. The summed E-state index contributed by atoms with van der Waals surface area (Å²) in [4.78, 5) is 15.0. The van der Waals surface area contributed by atoms with E-state index < -0.39 is 0 Å². The zero-order chi connectivity index (χ0) is 14.9. The largest absolute Gasteiger partial charge is 0.378 e. The van der Waals surface area contributed by atoms with Crippen LogP contribution in [0.2, 0.25) is 5.28 Å². The van der Waals surface area contributed by atoms with Gasteiger partial charge in [-0.1, -0.05) is 0 Å². The monoisotopic (exact) mass is 333 g/mol. The fourth-order valence-electron chi connectivity index (χ4n) is 2.52. The second kappa shape index (κ2) is 5.80. The maximum absolute atomic E-state index is 5.92. The molecule has 112 valence electrons. The van der Waals surface area contributed by atoms with E-state index in [0.717, 1.165) is 54.0 Å². The molecule has 8 heteroatoms. The van der Waals surface area contributed by atoms with Gasteiger partial charge in [0.25, 0.3) is 0 Å². The van der Waals surface area contributed by atoms with E-state index in [-0.39, 0.29) is 5.28 Å². The molecular formula is C14H13ClN5OP. The quantitative estimate of drug-likeness (QED) is 0.672. The molecule has 0 amide bonds. The average Bonchev–Trinajstić information content (AvgIpc) is 2.99. The Labute approximate surface area is 133 Å². The van der Waals surface area contributed by atoms with Crippen LogP contribution in [-0.2, 0) is 4.74 Å². The van der Waals surface area contributed by atoms with Crippen molar-refractivity contribution in [2.75, 3.05) is 31.2 Å². The molecule has 0 N–H and O–H groups in total. The minimum atomic E-state index is 0.251. The molecule has 4 heterocycles. The highest BCUT2D eigenvalue weighted by Crippen LogP contribution is 2.33. The molecule has 0 radical (unpaired) electrons. The highest BCUT2D eigenvalue weighted by atomic mass is 35.5. The molecule has 0 aliphatic carbocycles. The molecule has 0 spiro atoms. The number of halogens is 1. The summed E-state index contributed by atoms with van der Waals surface area (Å²) in [6.07, 6.45) is 3.57. The first kappa shape index (κ1) is 13.9. The Hall–Kier alpha value is -1.75. The summed E-state index contributed by atoms with van der Waals surface area (Å²) in [5.74, 6) is 0.945. The first-order chi connectivity index (χ1) is 10.8. The van der Waals surface area contributed by atoms with E-state index in [1.165, 1.54) is 0 Å². The van der Waals surface area contributed by atoms with E-state index >= 15 is 0 Å². The van der Waals surface area contributed by atoms with Gasteiger partial charge in [-0.3, -0.25) is 0 Å². The summed E-state index contributed by atoms with van der Waals surface area (Å²) in [7, 11) is 0.335. The molecule has 3 aromatic rings. The van der Waals surface area contributed by atoms with Crippen LogP contribution in [-0.4, -0.2) is 46.0 Å². The molecule has 1 unspecified atom stereocenters. The van der Waals surface area contributed by atoms with Crippen LogP contribution >= 0.6 is 20.0 Å². The van der Waals surface area contributed by atoms with Crippen molar-refractivity contribution in [1.82, 2.24) is 19.7 Å². The summed E-state index contributed by atoms with van der Waals surface area (Å²) in [5.41, 5.74) is 2.71. The Bertz CT molecular complexity index is 818. The topological polar surface area (TPSA) is 64.0 Å². The molecule has 1 saturated heterocycles. The maximum atomic E-state index is 5.92. The summed E-state index contributed by atoms with van der Waals surface area (Å²) in [6, 6.07) is 4.01. The van der Waals surface area contributed by atoms with Gasteiger partial charge in [0, 0.05) is 31.0 Å². The number of aromatic nitrogens is 4. The molecule has 6 nitrogen and oxygen atoms in total. The van der Waals surface area contributed by atoms with E-state index in [1.807, 2.05) is 12.3 Å². The van der Waals surface area contributed by atoms with Crippen molar-refractivity contribution < 1.29 is 4.74 Å². The summed E-state index contributed by atoms with van der Waals surface area (Å²) in [5, 5.41) is 1.28. The van der Waals surface area contributed by atoms with E-state index in [4.69, 9.17) is 16.3 Å². The Balaban J connectivity index is 1.76. The third kappa shape index (κ3) is 2.54. The Morgan fingerprint density at radius 3 is 2.95 bits per heavy atom. The van der Waals surface area contributed by atoms with E-state index in [9.17, 15) is 0 Å². The number of nitrogens with zero attached hydrogens (tertiary/aromatic N) is 5. The fourth-order valence-corrected chi connectivity index (χ4v) is 3.53. The molecule has 1 aliphatic heterocycles. The van der Waals surface area contributed by atoms with Gasteiger partial charge in [-0.2, -0.15) is 0 Å². The Morgan fingerprint density at radius 2 is 2.09 bits per heavy atom. The summed E-state index contributed by atoms with van der Waals surface area (Å²) in [6.45, 7) is 3.18. The molecule has 3 aromatic heterocycles. The zero-order valence-electron chi connectivity index (χ0n) is 11.7. The highest BCUT2D eigenvalue weighted by molar-refractivity contribution is 7.33. The standard InChI is InChI=1S/C14H13ClN5OP/c15-14-17-8-10-13(18-14)12(19-22-10)9-1-2-16-11(7-9)20-3-5-21-6-4-20/h1-2,7-8,22H,3-6H2. The molecular weight excluding hydrogens is 321 g/mol. The van der Waals surface area contributed by atoms with Crippen molar-refractivity contribution in [2.45, 2.75) is 0 Å². The predicted molar refractivity (Wildman–Crippen MR) is 88.1 cm³/mol. The Morgan fingerprint density at radius 1 is 1.23 bits per heavy atom. The van der Waals surface area contributed by atoms with Crippen molar-refractivity contribution in [1.29, 1.82) is 0 Å². The fraction of sp³-hybridized carbons (Fsp3) is 0.286. The molecule has 1 aliphatic rings. The highest BCUT2D eigenvalue weighted by Gasteiger charge is 2.15. The average molecular weight is 334 g/mol. The van der Waals surface area contributed by atoms with Gasteiger partial charge in [-0.15, -0.1) is 0 Å². The lowest BCUT2D eigenvalue weighted by Gasteiger charge is -2.27. The van der Waals surface area contributed by atoms with Crippen molar-refractivity contribution in [3.05, 3.63) is 29.8 Å². The van der Waals surface area contributed by atoms with E-state index in [0.29, 0.717) is 8.35 Å². The normalized spacial score (nSPS) is 15.8. The van der Waals surface area contributed by atoms with E-state index in [2.05, 4.69) is 30.7 Å². The second-order valence-electron chi connectivity index (χ2n) is 4.98. The van der Waals surface area contributed by atoms with Crippen LogP contribution in [0.25, 0.3) is 21.9 Å². The van der Waals surface area contributed by atoms with Gasteiger partial charge in [0.2, 0.25) is 5.28 Å². The smallest absolute Gasteiger partial charge is 0.223 e. The first-order valence-electron chi connectivity index (χ1n) is 6.97. The van der Waals surface area contributed by atoms with Gasteiger partial charge in [0.1, 0.15) is 17.0 Å². The number of fused-ring (bicyclic) bond motifs is 1. The number of hydrogen-bond acceptors (Lipinski definition) is 6. The van der Waals surface area contributed by atoms with Crippen LogP contribution in [0.15, 0.2) is 24.5 Å². The van der Waals surface area contributed by atoms with Crippen LogP contribution in [0.4, 0.5) is 5.82 Å². The molecule has 0 aromatic carbocycles. The number of hydrogen-bond donors (Lipinski definition) is 0. The molecule has 4 rings (SSSR count). The van der Waals surface area contributed by atoms with Crippen LogP contribution in [0.1, 0.15) is 0 Å². The van der Waals surface area contributed by atoms with Crippen LogP contribution in [0.3, 0.4) is 0 Å². The number of rotatable bonds is 2. The minimum absolute atomic E-state index is 0.251. The summed E-state index contributed by atoms with van der Waals surface area (Å²) < 4.78 is 10.0. The lowest BCUT2D eigenvalue weighted by Crippen LogP contribution is -2.36. The molecule has 0 saturated carbocycles. The lowest BCUT2D eigenvalue weighted by molar-refractivity contribution is 0.122. The van der Waals surface area contributed by atoms with Gasteiger partial charge in [-0.25, -0.2) is 19.7 Å². The number of ether oxygens (including phenoxy) is 1. The zero-order valence-corrected chi connectivity index (χ0v) is 13.4. The van der Waals surface area contributed by atoms with Gasteiger partial charge >= 0.3 is 0 Å². The molecule has 1 fully saturated rings. The minimum Gasteiger partial charge on any atom is -0.378 e. The van der Waals surface area contributed by atoms with Crippen molar-refractivity contribution >= 4 is 36.4 Å². The van der Waals surface area contributed by atoms with Gasteiger partial charge in [0.15, 0.2) is 0 Å². The number of pyridine rings is 1. The lowest BCUT2D eigenvalue weighted by atomic mass is 10.1. The SMILES string of the molecule is Clc1ncc2[pH]nc(-c3ccnc(N4CCOCC4)c3)c2n1. The Kier molecular flexibility index (Phi) is 3.66. The number of anilines is 1. The van der Waals surface area contributed by atoms with Gasteiger partial charge in [0.05, 0.1) is 18.3 Å². The van der Waals surface area contributed by atoms with Crippen LogP contribution in [0.5, 0.6) is 0 Å². The van der Waals surface area contributed by atoms with Crippen molar-refractivity contribution in [2.24, 2.45) is 0 Å². The maximum Gasteiger partial charge on any atom is 0.223 e. The molecule has 22 heavy (non-hydrogen) atoms. The van der Waals surface area contributed by atoms with Crippen molar-refractivity contribution in [3.8, 4) is 11.3 Å². The van der Waals surface area contributed by atoms with E-state index in [1.54, 1.807) is 6.20 Å². The van der Waals surface area contributed by atoms with Crippen molar-refractivity contribution in [3.63, 3.8) is 0 Å². The molecule has 0 bridgehead atoms. The number of morpholine rings is 1. The summed E-state index contributed by atoms with van der Waals surface area (Å²) >= 11 is 5.92.